The number of nitrogens with zero attached hydrogens (tertiary/aromatic N) is 1. The van der Waals surface area contributed by atoms with Crippen LogP contribution < -0.4 is 5.32 Å². The van der Waals surface area contributed by atoms with Crippen molar-refractivity contribution in [2.45, 2.75) is 50.2 Å². The third-order valence-corrected chi connectivity index (χ3v) is 4.08. The smallest absolute Gasteiger partial charge is 0.256 e. The average molecular weight is 270 g/mol. The second-order valence-corrected chi connectivity index (χ2v) is 6.23. The van der Waals surface area contributed by atoms with Gasteiger partial charge in [0, 0.05) is 24.9 Å². The largest absolute Gasteiger partial charge is 0.437 e. The lowest BCUT2D eigenvalue weighted by molar-refractivity contribution is 0.110. The summed E-state index contributed by atoms with van der Waals surface area (Å²) in [6.45, 7) is 8.93. The van der Waals surface area contributed by atoms with E-state index in [-0.39, 0.29) is 0 Å². The van der Waals surface area contributed by atoms with Gasteiger partial charge in [0.2, 0.25) is 0 Å². The minimum absolute atomic E-state index is 0.411. The number of aromatic nitrogens is 1. The van der Waals surface area contributed by atoms with Gasteiger partial charge in [-0.25, -0.2) is 4.98 Å². The Hall–Kier alpha value is -0.520. The molecule has 0 aliphatic carbocycles. The minimum Gasteiger partial charge on any atom is -0.437 e. The summed E-state index contributed by atoms with van der Waals surface area (Å²) in [4.78, 5) is 4.38. The van der Waals surface area contributed by atoms with Crippen molar-refractivity contribution in [3.05, 3.63) is 11.5 Å². The van der Waals surface area contributed by atoms with Gasteiger partial charge in [-0.15, -0.1) is 0 Å². The molecule has 1 aromatic rings. The van der Waals surface area contributed by atoms with Crippen LogP contribution in [0.3, 0.4) is 0 Å². The molecule has 1 fully saturated rings. The minimum atomic E-state index is 0.411. The Kier molecular flexibility index (Phi) is 5.09. The molecule has 5 heteroatoms. The van der Waals surface area contributed by atoms with Gasteiger partial charge in [0.25, 0.3) is 5.22 Å². The Bertz CT molecular complexity index is 356. The van der Waals surface area contributed by atoms with E-state index in [1.807, 2.05) is 13.8 Å². The molecule has 1 aliphatic heterocycles. The molecule has 2 rings (SSSR count). The molecule has 2 unspecified atom stereocenters. The zero-order valence-corrected chi connectivity index (χ0v) is 12.2. The molecule has 4 nitrogen and oxygen atoms in total. The van der Waals surface area contributed by atoms with Gasteiger partial charge in [-0.3, -0.25) is 0 Å². The predicted octanol–water partition coefficient (Wildman–Crippen LogP) is 2.54. The molecule has 0 spiro atoms. The van der Waals surface area contributed by atoms with Crippen molar-refractivity contribution in [2.75, 3.05) is 19.7 Å². The van der Waals surface area contributed by atoms with Crippen LogP contribution in [0.2, 0.25) is 0 Å². The van der Waals surface area contributed by atoms with Gasteiger partial charge in [-0.05, 0) is 26.7 Å². The van der Waals surface area contributed by atoms with Crippen molar-refractivity contribution in [2.24, 2.45) is 0 Å². The maximum Gasteiger partial charge on any atom is 0.256 e. The predicted molar refractivity (Wildman–Crippen MR) is 73.1 cm³/mol. The number of hydrogen-bond acceptors (Lipinski definition) is 5. The van der Waals surface area contributed by atoms with Gasteiger partial charge in [-0.2, -0.15) is 0 Å². The van der Waals surface area contributed by atoms with Gasteiger partial charge in [-0.1, -0.05) is 18.7 Å². The molecule has 0 saturated carbocycles. The number of hydrogen-bond donors (Lipinski definition) is 1. The summed E-state index contributed by atoms with van der Waals surface area (Å²) in [6.07, 6.45) is 2.80. The molecule has 1 saturated heterocycles. The van der Waals surface area contributed by atoms with Crippen molar-refractivity contribution < 1.29 is 9.15 Å². The highest BCUT2D eigenvalue weighted by molar-refractivity contribution is 7.99. The van der Waals surface area contributed by atoms with E-state index in [4.69, 9.17) is 9.15 Å². The third kappa shape index (κ3) is 4.00. The normalized spacial score (nSPS) is 21.4. The second kappa shape index (κ2) is 6.59. The standard InChI is InChI=1S/C13H22N2O2S/c1-9(7-14-8-12-5-4-6-16-12)18-13-15-10(2)11(3)17-13/h9,12,14H,4-8H2,1-3H3. The molecule has 102 valence electrons. The van der Waals surface area contributed by atoms with Gasteiger partial charge in [0.05, 0.1) is 11.8 Å². The Morgan fingerprint density at radius 1 is 1.50 bits per heavy atom. The highest BCUT2D eigenvalue weighted by Crippen LogP contribution is 2.24. The quantitative estimate of drug-likeness (QED) is 0.805. The third-order valence-electron chi connectivity index (χ3n) is 3.14. The van der Waals surface area contributed by atoms with E-state index in [1.54, 1.807) is 11.8 Å². The fourth-order valence-electron chi connectivity index (χ4n) is 1.96. The van der Waals surface area contributed by atoms with Crippen LogP contribution in [0.15, 0.2) is 9.64 Å². The van der Waals surface area contributed by atoms with Crippen molar-refractivity contribution >= 4 is 11.8 Å². The lowest BCUT2D eigenvalue weighted by Gasteiger charge is -2.13. The Morgan fingerprint density at radius 3 is 2.94 bits per heavy atom. The van der Waals surface area contributed by atoms with Crippen LogP contribution in [-0.2, 0) is 4.74 Å². The molecule has 1 aliphatic rings. The molecular formula is C13H22N2O2S. The topological polar surface area (TPSA) is 47.3 Å². The van der Waals surface area contributed by atoms with E-state index in [2.05, 4.69) is 17.2 Å². The Labute approximate surface area is 113 Å². The summed E-state index contributed by atoms with van der Waals surface area (Å²) in [5, 5.41) is 4.68. The van der Waals surface area contributed by atoms with E-state index in [9.17, 15) is 0 Å². The van der Waals surface area contributed by atoms with Crippen LogP contribution >= 0.6 is 11.8 Å². The van der Waals surface area contributed by atoms with Gasteiger partial charge in [0.1, 0.15) is 5.76 Å². The van der Waals surface area contributed by atoms with Gasteiger partial charge in [0.15, 0.2) is 0 Å². The molecule has 0 bridgehead atoms. The Morgan fingerprint density at radius 2 is 2.33 bits per heavy atom. The zero-order chi connectivity index (χ0) is 13.0. The summed E-state index contributed by atoms with van der Waals surface area (Å²) in [6, 6.07) is 0. The van der Waals surface area contributed by atoms with Gasteiger partial charge < -0.3 is 14.5 Å². The number of nitrogens with one attached hydrogen (secondary N) is 1. The number of oxazole rings is 1. The molecule has 0 aromatic carbocycles. The lowest BCUT2D eigenvalue weighted by atomic mass is 10.2. The molecule has 0 radical (unpaired) electrons. The maximum absolute atomic E-state index is 5.57. The van der Waals surface area contributed by atoms with Crippen LogP contribution in [-0.4, -0.2) is 36.0 Å². The molecule has 1 aromatic heterocycles. The molecule has 2 atom stereocenters. The van der Waals surface area contributed by atoms with Crippen molar-refractivity contribution in [3.63, 3.8) is 0 Å². The highest BCUT2D eigenvalue weighted by Gasteiger charge is 2.16. The van der Waals surface area contributed by atoms with E-state index >= 15 is 0 Å². The molecule has 0 amide bonds. The summed E-state index contributed by atoms with van der Waals surface area (Å²) < 4.78 is 11.1. The van der Waals surface area contributed by atoms with E-state index in [0.717, 1.165) is 36.4 Å². The average Bonchev–Trinajstić information content (AvgIpc) is 2.90. The molecule has 18 heavy (non-hydrogen) atoms. The van der Waals surface area contributed by atoms with Crippen molar-refractivity contribution in [1.82, 2.24) is 10.3 Å². The SMILES string of the molecule is Cc1nc(SC(C)CNCC2CCCO2)oc1C. The zero-order valence-electron chi connectivity index (χ0n) is 11.4. The number of aryl methyl sites for hydroxylation is 2. The van der Waals surface area contributed by atoms with Crippen LogP contribution in [0.1, 0.15) is 31.2 Å². The van der Waals surface area contributed by atoms with Crippen molar-refractivity contribution in [3.8, 4) is 0 Å². The number of ether oxygens (including phenoxy) is 1. The molecule has 1 N–H and O–H groups in total. The van der Waals surface area contributed by atoms with Crippen LogP contribution in [0.25, 0.3) is 0 Å². The molecular weight excluding hydrogens is 248 g/mol. The van der Waals surface area contributed by atoms with Crippen molar-refractivity contribution in [1.29, 1.82) is 0 Å². The fourth-order valence-corrected chi connectivity index (χ4v) is 2.87. The first-order chi connectivity index (χ1) is 8.65. The summed E-state index contributed by atoms with van der Waals surface area (Å²) in [5.74, 6) is 0.914. The first-order valence-electron chi connectivity index (χ1n) is 6.58. The van der Waals surface area contributed by atoms with Crippen LogP contribution in [0.4, 0.5) is 0 Å². The van der Waals surface area contributed by atoms with E-state index < -0.39 is 0 Å². The summed E-state index contributed by atoms with van der Waals surface area (Å²) in [5.41, 5.74) is 0.983. The molecule has 2 heterocycles. The summed E-state index contributed by atoms with van der Waals surface area (Å²) >= 11 is 1.68. The van der Waals surface area contributed by atoms with Crippen LogP contribution in [0.5, 0.6) is 0 Å². The second-order valence-electron chi connectivity index (χ2n) is 4.84. The first-order valence-corrected chi connectivity index (χ1v) is 7.46. The first kappa shape index (κ1) is 13.9. The fraction of sp³-hybridized carbons (Fsp3) is 0.769. The van der Waals surface area contributed by atoms with E-state index in [1.165, 1.54) is 12.8 Å². The van der Waals surface area contributed by atoms with Crippen LogP contribution in [0, 0.1) is 13.8 Å². The Balaban J connectivity index is 1.66. The number of thioether (sulfide) groups is 1. The number of rotatable bonds is 6. The van der Waals surface area contributed by atoms with E-state index in [0.29, 0.717) is 11.4 Å². The maximum atomic E-state index is 5.57. The summed E-state index contributed by atoms with van der Waals surface area (Å²) in [7, 11) is 0. The highest BCUT2D eigenvalue weighted by atomic mass is 32.2. The lowest BCUT2D eigenvalue weighted by Crippen LogP contribution is -2.30. The van der Waals surface area contributed by atoms with Gasteiger partial charge >= 0.3 is 0 Å². The monoisotopic (exact) mass is 270 g/mol.